The number of fused-ring (bicyclic) bond motifs is 1. The summed E-state index contributed by atoms with van der Waals surface area (Å²) in [7, 11) is 1.62. The van der Waals surface area contributed by atoms with Crippen molar-refractivity contribution in [1.29, 1.82) is 0 Å². The number of hydrogen-bond donors (Lipinski definition) is 0. The predicted molar refractivity (Wildman–Crippen MR) is 135 cm³/mol. The SMILES string of the molecule is CCCCCCOc1ccc(C=c2sc3nc(-c4ccc(OCC)cc4)nn3c2=O)cc1OC. The van der Waals surface area contributed by atoms with Crippen molar-refractivity contribution in [3.63, 3.8) is 0 Å². The molecule has 2 aromatic carbocycles. The molecule has 178 valence electrons. The maximum absolute atomic E-state index is 12.9. The molecule has 0 unspecified atom stereocenters. The molecule has 4 rings (SSSR count). The van der Waals surface area contributed by atoms with Crippen LogP contribution in [0.2, 0.25) is 0 Å². The van der Waals surface area contributed by atoms with Crippen molar-refractivity contribution >= 4 is 22.4 Å². The van der Waals surface area contributed by atoms with Gasteiger partial charge in [0.15, 0.2) is 17.3 Å². The van der Waals surface area contributed by atoms with E-state index in [4.69, 9.17) is 14.2 Å². The van der Waals surface area contributed by atoms with E-state index in [9.17, 15) is 4.79 Å². The third-order valence-electron chi connectivity index (χ3n) is 5.35. The maximum atomic E-state index is 12.9. The Labute approximate surface area is 202 Å². The maximum Gasteiger partial charge on any atom is 0.291 e. The molecule has 34 heavy (non-hydrogen) atoms. The minimum atomic E-state index is -0.195. The highest BCUT2D eigenvalue weighted by Crippen LogP contribution is 2.28. The van der Waals surface area contributed by atoms with Crippen LogP contribution in [0.25, 0.3) is 22.4 Å². The molecule has 0 atom stereocenters. The van der Waals surface area contributed by atoms with E-state index in [1.54, 1.807) is 7.11 Å². The number of nitrogens with zero attached hydrogens (tertiary/aromatic N) is 3. The van der Waals surface area contributed by atoms with Gasteiger partial charge < -0.3 is 14.2 Å². The van der Waals surface area contributed by atoms with Gasteiger partial charge in [0.05, 0.1) is 24.9 Å². The highest BCUT2D eigenvalue weighted by molar-refractivity contribution is 7.15. The van der Waals surface area contributed by atoms with E-state index in [1.807, 2.05) is 55.5 Å². The van der Waals surface area contributed by atoms with Gasteiger partial charge in [-0.1, -0.05) is 43.6 Å². The second-order valence-electron chi connectivity index (χ2n) is 7.82. The van der Waals surface area contributed by atoms with Gasteiger partial charge in [-0.25, -0.2) is 0 Å². The van der Waals surface area contributed by atoms with E-state index >= 15 is 0 Å². The summed E-state index contributed by atoms with van der Waals surface area (Å²) in [6.45, 7) is 5.40. The Hall–Kier alpha value is -3.39. The summed E-state index contributed by atoms with van der Waals surface area (Å²) < 4.78 is 18.8. The normalized spacial score (nSPS) is 11.8. The van der Waals surface area contributed by atoms with E-state index in [1.165, 1.54) is 28.7 Å². The number of unbranched alkanes of at least 4 members (excludes halogenated alkanes) is 3. The van der Waals surface area contributed by atoms with Gasteiger partial charge in [-0.3, -0.25) is 4.79 Å². The lowest BCUT2D eigenvalue weighted by Gasteiger charge is -2.11. The van der Waals surface area contributed by atoms with E-state index in [0.29, 0.717) is 40.0 Å². The van der Waals surface area contributed by atoms with Gasteiger partial charge in [0.2, 0.25) is 4.96 Å². The number of ether oxygens (including phenoxy) is 3. The molecule has 0 fully saturated rings. The van der Waals surface area contributed by atoms with Crippen molar-refractivity contribution in [2.75, 3.05) is 20.3 Å². The van der Waals surface area contributed by atoms with Crippen LogP contribution in [0.15, 0.2) is 47.3 Å². The Morgan fingerprint density at radius 2 is 1.82 bits per heavy atom. The van der Waals surface area contributed by atoms with Crippen LogP contribution in [0.4, 0.5) is 0 Å². The number of thiazole rings is 1. The first-order valence-electron chi connectivity index (χ1n) is 11.6. The first-order valence-corrected chi connectivity index (χ1v) is 12.4. The molecule has 0 saturated heterocycles. The fraction of sp³-hybridized carbons (Fsp3) is 0.346. The Balaban J connectivity index is 1.54. The van der Waals surface area contributed by atoms with Gasteiger partial charge in [0, 0.05) is 5.56 Å². The largest absolute Gasteiger partial charge is 0.494 e. The minimum absolute atomic E-state index is 0.195. The predicted octanol–water partition coefficient (Wildman–Crippen LogP) is 4.73. The minimum Gasteiger partial charge on any atom is -0.494 e. The Morgan fingerprint density at radius 3 is 2.53 bits per heavy atom. The van der Waals surface area contributed by atoms with Gasteiger partial charge >= 0.3 is 0 Å². The zero-order chi connectivity index (χ0) is 23.9. The third kappa shape index (κ3) is 5.39. The highest BCUT2D eigenvalue weighted by Gasteiger charge is 2.13. The highest BCUT2D eigenvalue weighted by atomic mass is 32.1. The lowest BCUT2D eigenvalue weighted by molar-refractivity contribution is 0.285. The number of rotatable bonds is 11. The molecule has 2 heterocycles. The Bertz CT molecular complexity index is 1350. The number of aromatic nitrogens is 3. The molecule has 0 bridgehead atoms. The van der Waals surface area contributed by atoms with Crippen molar-refractivity contribution in [3.8, 4) is 28.6 Å². The molecule has 8 heteroatoms. The topological polar surface area (TPSA) is 75.0 Å². The molecule has 4 aromatic rings. The van der Waals surface area contributed by atoms with Gasteiger partial charge in [0.1, 0.15) is 5.75 Å². The van der Waals surface area contributed by atoms with Gasteiger partial charge in [-0.2, -0.15) is 9.50 Å². The summed E-state index contributed by atoms with van der Waals surface area (Å²) in [5, 5.41) is 4.42. The van der Waals surface area contributed by atoms with Gasteiger partial charge in [0.25, 0.3) is 5.56 Å². The monoisotopic (exact) mass is 479 g/mol. The smallest absolute Gasteiger partial charge is 0.291 e. The van der Waals surface area contributed by atoms with Crippen molar-refractivity contribution in [2.24, 2.45) is 0 Å². The fourth-order valence-electron chi connectivity index (χ4n) is 3.58. The molecule has 2 aromatic heterocycles. The summed E-state index contributed by atoms with van der Waals surface area (Å²) in [5.74, 6) is 2.66. The second-order valence-corrected chi connectivity index (χ2v) is 8.83. The summed E-state index contributed by atoms with van der Waals surface area (Å²) in [5.41, 5.74) is 1.49. The van der Waals surface area contributed by atoms with E-state index in [-0.39, 0.29) is 5.56 Å². The second kappa shape index (κ2) is 11.2. The van der Waals surface area contributed by atoms with Crippen LogP contribution in [-0.2, 0) is 0 Å². The molecular formula is C26H29N3O4S. The first-order chi connectivity index (χ1) is 16.6. The lowest BCUT2D eigenvalue weighted by Crippen LogP contribution is -2.23. The van der Waals surface area contributed by atoms with E-state index in [0.717, 1.165) is 29.7 Å². The van der Waals surface area contributed by atoms with Gasteiger partial charge in [-0.05, 0) is 61.4 Å². The van der Waals surface area contributed by atoms with Crippen LogP contribution in [0.5, 0.6) is 17.2 Å². The molecule has 7 nitrogen and oxygen atoms in total. The summed E-state index contributed by atoms with van der Waals surface area (Å²) in [4.78, 5) is 18.0. The fourth-order valence-corrected chi connectivity index (χ4v) is 4.49. The molecule has 0 spiro atoms. The molecule has 0 aliphatic rings. The van der Waals surface area contributed by atoms with Crippen molar-refractivity contribution in [2.45, 2.75) is 39.5 Å². The summed E-state index contributed by atoms with van der Waals surface area (Å²) in [6.07, 6.45) is 6.41. The van der Waals surface area contributed by atoms with Crippen molar-refractivity contribution in [1.82, 2.24) is 14.6 Å². The Kier molecular flexibility index (Phi) is 7.80. The van der Waals surface area contributed by atoms with Crippen LogP contribution in [0.3, 0.4) is 0 Å². The molecule has 0 radical (unpaired) electrons. The number of methoxy groups -OCH3 is 1. The van der Waals surface area contributed by atoms with Crippen LogP contribution in [0.1, 0.15) is 45.1 Å². The lowest BCUT2D eigenvalue weighted by atomic mass is 10.2. The zero-order valence-electron chi connectivity index (χ0n) is 19.7. The average molecular weight is 480 g/mol. The molecule has 0 aliphatic heterocycles. The van der Waals surface area contributed by atoms with Crippen molar-refractivity contribution < 1.29 is 14.2 Å². The number of benzene rings is 2. The number of hydrogen-bond acceptors (Lipinski definition) is 7. The van der Waals surface area contributed by atoms with Crippen LogP contribution in [-0.4, -0.2) is 34.9 Å². The average Bonchev–Trinajstić information content (AvgIpc) is 3.39. The Morgan fingerprint density at radius 1 is 1.00 bits per heavy atom. The first kappa shape index (κ1) is 23.8. The molecule has 0 amide bonds. The summed E-state index contributed by atoms with van der Waals surface area (Å²) in [6, 6.07) is 13.2. The standard InChI is InChI=1S/C26H29N3O4S/c1-4-6-7-8-15-33-21-14-9-18(16-22(21)31-3)17-23-25(30)29-26(34-23)27-24(28-29)19-10-12-20(13-11-19)32-5-2/h9-14,16-17H,4-8,15H2,1-3H3. The zero-order valence-corrected chi connectivity index (χ0v) is 20.6. The van der Waals surface area contributed by atoms with Crippen molar-refractivity contribution in [3.05, 3.63) is 62.9 Å². The van der Waals surface area contributed by atoms with E-state index < -0.39 is 0 Å². The van der Waals surface area contributed by atoms with Crippen LogP contribution in [0, 0.1) is 0 Å². The van der Waals surface area contributed by atoms with Crippen LogP contribution < -0.4 is 24.3 Å². The molecule has 0 saturated carbocycles. The van der Waals surface area contributed by atoms with E-state index in [2.05, 4.69) is 17.0 Å². The summed E-state index contributed by atoms with van der Waals surface area (Å²) >= 11 is 1.31. The molecule has 0 aliphatic carbocycles. The van der Waals surface area contributed by atoms with Crippen LogP contribution >= 0.6 is 11.3 Å². The molecule has 0 N–H and O–H groups in total. The quantitative estimate of drug-likeness (QED) is 0.290. The molecular weight excluding hydrogens is 450 g/mol. The van der Waals surface area contributed by atoms with Gasteiger partial charge in [-0.15, -0.1) is 5.10 Å². The third-order valence-corrected chi connectivity index (χ3v) is 6.31.